The van der Waals surface area contributed by atoms with Crippen molar-refractivity contribution in [3.05, 3.63) is 41.5 Å². The molecule has 1 N–H and O–H groups in total. The fourth-order valence-electron chi connectivity index (χ4n) is 2.36. The molecular weight excluding hydrogens is 365 g/mol. The van der Waals surface area contributed by atoms with E-state index in [2.05, 4.69) is 5.32 Å². The molecule has 1 aliphatic heterocycles. The summed E-state index contributed by atoms with van der Waals surface area (Å²) in [7, 11) is 0. The van der Waals surface area contributed by atoms with Gasteiger partial charge in [0.25, 0.3) is 0 Å². The minimum absolute atomic E-state index is 0.0349. The Labute approximate surface area is 154 Å². The number of carbonyl (C=O) groups excluding carboxylic acids is 2. The number of carbonyl (C=O) groups is 2. The number of nitrogens with zero attached hydrogens (tertiary/aromatic N) is 1. The number of thioether (sulfide) groups is 1. The molecule has 0 spiro atoms. The highest BCUT2D eigenvalue weighted by Crippen LogP contribution is 2.29. The third-order valence-corrected chi connectivity index (χ3v) is 5.14. The molecule has 4 nitrogen and oxygen atoms in total. The number of halogens is 3. The average Bonchev–Trinajstić information content (AvgIpc) is 3.09. The number of rotatable bonds is 5. The van der Waals surface area contributed by atoms with Gasteiger partial charge in [0.2, 0.25) is 11.8 Å². The van der Waals surface area contributed by atoms with Gasteiger partial charge in [-0.15, -0.1) is 11.8 Å². The number of hydrogen-bond acceptors (Lipinski definition) is 3. The Morgan fingerprint density at radius 2 is 2.00 bits per heavy atom. The van der Waals surface area contributed by atoms with Crippen LogP contribution in [-0.2, 0) is 15.8 Å². The van der Waals surface area contributed by atoms with Crippen molar-refractivity contribution in [2.24, 2.45) is 0 Å². The van der Waals surface area contributed by atoms with Gasteiger partial charge in [0.05, 0.1) is 11.4 Å². The summed E-state index contributed by atoms with van der Waals surface area (Å²) in [6.45, 7) is 3.86. The lowest BCUT2D eigenvalue weighted by atomic mass is 10.1. The molecule has 1 heterocycles. The molecule has 2 unspecified atom stereocenters. The van der Waals surface area contributed by atoms with Gasteiger partial charge in [0.1, 0.15) is 6.04 Å². The van der Waals surface area contributed by atoms with Gasteiger partial charge in [0.15, 0.2) is 0 Å². The maximum atomic E-state index is 12.6. The van der Waals surface area contributed by atoms with E-state index in [1.165, 1.54) is 40.9 Å². The molecule has 142 valence electrons. The van der Waals surface area contributed by atoms with Gasteiger partial charge in [-0.2, -0.15) is 13.2 Å². The number of benzene rings is 1. The van der Waals surface area contributed by atoms with Crippen molar-refractivity contribution in [3.8, 4) is 0 Å². The quantitative estimate of drug-likeness (QED) is 0.788. The van der Waals surface area contributed by atoms with E-state index < -0.39 is 17.8 Å². The van der Waals surface area contributed by atoms with Crippen LogP contribution in [0, 0.1) is 0 Å². The number of alkyl halides is 3. The van der Waals surface area contributed by atoms with E-state index in [0.29, 0.717) is 17.2 Å². The smallest absolute Gasteiger partial charge is 0.352 e. The first-order valence-corrected chi connectivity index (χ1v) is 9.42. The van der Waals surface area contributed by atoms with Crippen LogP contribution in [0.15, 0.2) is 30.3 Å². The van der Waals surface area contributed by atoms with Gasteiger partial charge in [0, 0.05) is 17.9 Å². The standard InChI is InChI=1S/C18H21F3N2O2S/c1-3-12(2)22-17(25)15-10-26-11-23(15)16(24)9-6-13-4-7-14(8-5-13)18(19,20)21/h4-9,12,15H,3,10-11H2,1-2H3,(H,22,25)/b9-6+. The summed E-state index contributed by atoms with van der Waals surface area (Å²) >= 11 is 1.49. The molecule has 2 atom stereocenters. The Hall–Kier alpha value is -1.96. The molecule has 0 aliphatic carbocycles. The molecule has 2 amide bonds. The van der Waals surface area contributed by atoms with Crippen molar-refractivity contribution in [2.75, 3.05) is 11.6 Å². The van der Waals surface area contributed by atoms with Crippen molar-refractivity contribution in [2.45, 2.75) is 38.5 Å². The van der Waals surface area contributed by atoms with Gasteiger partial charge >= 0.3 is 6.18 Å². The lowest BCUT2D eigenvalue weighted by Crippen LogP contribution is -2.48. The molecule has 1 aliphatic rings. The largest absolute Gasteiger partial charge is 0.416 e. The van der Waals surface area contributed by atoms with E-state index in [9.17, 15) is 22.8 Å². The first kappa shape index (κ1) is 20.4. The van der Waals surface area contributed by atoms with Crippen LogP contribution >= 0.6 is 11.8 Å². The minimum atomic E-state index is -4.39. The summed E-state index contributed by atoms with van der Waals surface area (Å²) in [4.78, 5) is 26.1. The third kappa shape index (κ3) is 5.27. The molecule has 0 bridgehead atoms. The fraction of sp³-hybridized carbons (Fsp3) is 0.444. The summed E-state index contributed by atoms with van der Waals surface area (Å²) in [5.74, 6) is 0.427. The van der Waals surface area contributed by atoms with Crippen molar-refractivity contribution in [1.29, 1.82) is 0 Å². The highest BCUT2D eigenvalue weighted by Gasteiger charge is 2.34. The Bertz CT molecular complexity index is 674. The van der Waals surface area contributed by atoms with Gasteiger partial charge in [-0.05, 0) is 37.1 Å². The molecule has 1 fully saturated rings. The van der Waals surface area contributed by atoms with Crippen LogP contribution in [0.5, 0.6) is 0 Å². The van der Waals surface area contributed by atoms with E-state index in [-0.39, 0.29) is 17.9 Å². The van der Waals surface area contributed by atoms with E-state index in [1.54, 1.807) is 0 Å². The van der Waals surface area contributed by atoms with Gasteiger partial charge in [-0.1, -0.05) is 19.1 Å². The number of hydrogen-bond donors (Lipinski definition) is 1. The lowest BCUT2D eigenvalue weighted by Gasteiger charge is -2.23. The Morgan fingerprint density at radius 3 is 2.58 bits per heavy atom. The minimum Gasteiger partial charge on any atom is -0.352 e. The van der Waals surface area contributed by atoms with Crippen LogP contribution in [0.3, 0.4) is 0 Å². The van der Waals surface area contributed by atoms with Crippen LogP contribution in [0.25, 0.3) is 6.08 Å². The van der Waals surface area contributed by atoms with Crippen LogP contribution < -0.4 is 5.32 Å². The zero-order valence-corrected chi connectivity index (χ0v) is 15.4. The third-order valence-electron chi connectivity index (χ3n) is 4.13. The van der Waals surface area contributed by atoms with Crippen LogP contribution in [0.1, 0.15) is 31.4 Å². The van der Waals surface area contributed by atoms with E-state index in [1.807, 2.05) is 13.8 Å². The second-order valence-corrected chi connectivity index (χ2v) is 7.09. The maximum absolute atomic E-state index is 12.6. The second kappa shape index (κ2) is 8.62. The highest BCUT2D eigenvalue weighted by atomic mass is 32.2. The molecule has 8 heteroatoms. The summed E-state index contributed by atoms with van der Waals surface area (Å²) in [5.41, 5.74) is -0.252. The van der Waals surface area contributed by atoms with Crippen molar-refractivity contribution >= 4 is 29.7 Å². The predicted molar refractivity (Wildman–Crippen MR) is 96.3 cm³/mol. The lowest BCUT2D eigenvalue weighted by molar-refractivity contribution is -0.137. The fourth-order valence-corrected chi connectivity index (χ4v) is 3.53. The highest BCUT2D eigenvalue weighted by molar-refractivity contribution is 7.99. The Balaban J connectivity index is 2.01. The second-order valence-electron chi connectivity index (χ2n) is 6.09. The Morgan fingerprint density at radius 1 is 1.35 bits per heavy atom. The van der Waals surface area contributed by atoms with Crippen molar-refractivity contribution in [3.63, 3.8) is 0 Å². The molecule has 26 heavy (non-hydrogen) atoms. The molecule has 1 aromatic carbocycles. The monoisotopic (exact) mass is 386 g/mol. The summed E-state index contributed by atoms with van der Waals surface area (Å²) in [5, 5.41) is 2.87. The zero-order chi connectivity index (χ0) is 19.3. The topological polar surface area (TPSA) is 49.4 Å². The molecule has 0 saturated carbocycles. The van der Waals surface area contributed by atoms with E-state index in [4.69, 9.17) is 0 Å². The summed E-state index contributed by atoms with van der Waals surface area (Å²) in [6.07, 6.45) is -0.846. The normalized spacial score (nSPS) is 19.0. The summed E-state index contributed by atoms with van der Waals surface area (Å²) < 4.78 is 37.7. The zero-order valence-electron chi connectivity index (χ0n) is 14.5. The van der Waals surface area contributed by atoms with Gasteiger partial charge in [-0.25, -0.2) is 0 Å². The van der Waals surface area contributed by atoms with Crippen molar-refractivity contribution < 1.29 is 22.8 Å². The van der Waals surface area contributed by atoms with Crippen LogP contribution in [-0.4, -0.2) is 40.4 Å². The molecule has 0 radical (unpaired) electrons. The number of nitrogens with one attached hydrogen (secondary N) is 1. The Kier molecular flexibility index (Phi) is 6.75. The van der Waals surface area contributed by atoms with Gasteiger partial charge in [-0.3, -0.25) is 9.59 Å². The average molecular weight is 386 g/mol. The molecule has 0 aromatic heterocycles. The molecular formula is C18H21F3N2O2S. The molecule has 1 aromatic rings. The van der Waals surface area contributed by atoms with Gasteiger partial charge < -0.3 is 10.2 Å². The van der Waals surface area contributed by atoms with Crippen LogP contribution in [0.4, 0.5) is 13.2 Å². The SMILES string of the molecule is CCC(C)NC(=O)C1CSCN1C(=O)/C=C/c1ccc(C(F)(F)F)cc1. The van der Waals surface area contributed by atoms with Crippen molar-refractivity contribution in [1.82, 2.24) is 10.2 Å². The van der Waals surface area contributed by atoms with E-state index >= 15 is 0 Å². The van der Waals surface area contributed by atoms with E-state index in [0.717, 1.165) is 18.6 Å². The predicted octanol–water partition coefficient (Wildman–Crippen LogP) is 3.53. The first-order chi connectivity index (χ1) is 12.2. The number of amides is 2. The maximum Gasteiger partial charge on any atom is 0.416 e. The molecule has 2 rings (SSSR count). The summed E-state index contributed by atoms with van der Waals surface area (Å²) in [6, 6.07) is 4.06. The molecule has 1 saturated heterocycles. The first-order valence-electron chi connectivity index (χ1n) is 8.26. The van der Waals surface area contributed by atoms with Crippen LogP contribution in [0.2, 0.25) is 0 Å².